The van der Waals surface area contributed by atoms with E-state index in [0.29, 0.717) is 12.0 Å². The zero-order valence-corrected chi connectivity index (χ0v) is 7.16. The van der Waals surface area contributed by atoms with Gasteiger partial charge in [-0.2, -0.15) is 0 Å². The summed E-state index contributed by atoms with van der Waals surface area (Å²) in [5, 5.41) is 8.63. The van der Waals surface area contributed by atoms with Gasteiger partial charge in [0.1, 0.15) is 0 Å². The second-order valence-electron chi connectivity index (χ2n) is 3.75. The van der Waals surface area contributed by atoms with Gasteiger partial charge < -0.3 is 5.11 Å². The second-order valence-corrected chi connectivity index (χ2v) is 3.75. The number of hydrogen-bond donors (Lipinski definition) is 1. The largest absolute Gasteiger partial charge is 0.480 e. The van der Waals surface area contributed by atoms with Crippen LogP contribution in [-0.2, 0) is 4.79 Å². The predicted molar refractivity (Wildman–Crippen MR) is 44.9 cm³/mol. The molecule has 0 aromatic rings. The maximum Gasteiger partial charge on any atom is 0.317 e. The van der Waals surface area contributed by atoms with Gasteiger partial charge >= 0.3 is 5.97 Å². The van der Waals surface area contributed by atoms with Crippen molar-refractivity contribution in [3.63, 3.8) is 0 Å². The molecule has 0 saturated carbocycles. The van der Waals surface area contributed by atoms with Gasteiger partial charge in [0.15, 0.2) is 0 Å². The molecule has 12 heavy (non-hydrogen) atoms. The van der Waals surface area contributed by atoms with Crippen molar-refractivity contribution in [2.24, 2.45) is 5.92 Å². The first-order valence-electron chi connectivity index (χ1n) is 4.31. The molecule has 1 saturated heterocycles. The van der Waals surface area contributed by atoms with Crippen molar-refractivity contribution in [1.29, 1.82) is 0 Å². The van der Waals surface area contributed by atoms with E-state index in [1.54, 1.807) is 0 Å². The van der Waals surface area contributed by atoms with Gasteiger partial charge in [-0.25, -0.2) is 0 Å². The Balaban J connectivity index is 2.04. The molecule has 0 radical (unpaired) electrons. The van der Waals surface area contributed by atoms with E-state index in [1.807, 2.05) is 0 Å². The maximum atomic E-state index is 10.5. The van der Waals surface area contributed by atoms with Crippen LogP contribution in [0.1, 0.15) is 13.3 Å². The van der Waals surface area contributed by atoms with E-state index in [-0.39, 0.29) is 6.54 Å². The fourth-order valence-corrected chi connectivity index (χ4v) is 2.36. The summed E-state index contributed by atoms with van der Waals surface area (Å²) in [6.07, 6.45) is 3.42. The van der Waals surface area contributed by atoms with E-state index in [9.17, 15) is 4.79 Å². The molecule has 1 N–H and O–H groups in total. The minimum absolute atomic E-state index is 0.201. The number of carboxylic acid groups (broad SMARTS) is 1. The lowest BCUT2D eigenvalue weighted by atomic mass is 10.1. The van der Waals surface area contributed by atoms with Crippen LogP contribution < -0.4 is 0 Å². The summed E-state index contributed by atoms with van der Waals surface area (Å²) in [6, 6.07) is 0.422. The third-order valence-corrected chi connectivity index (χ3v) is 2.80. The third-order valence-electron chi connectivity index (χ3n) is 2.80. The van der Waals surface area contributed by atoms with Crippen molar-refractivity contribution in [2.75, 3.05) is 13.1 Å². The average Bonchev–Trinajstić information content (AvgIpc) is 2.43. The van der Waals surface area contributed by atoms with Crippen molar-refractivity contribution in [1.82, 2.24) is 4.90 Å². The zero-order chi connectivity index (χ0) is 8.72. The van der Waals surface area contributed by atoms with Gasteiger partial charge in [-0.3, -0.25) is 9.69 Å². The number of aliphatic carboxylic acids is 1. The average molecular weight is 167 g/mol. The molecule has 66 valence electrons. The fourth-order valence-electron chi connectivity index (χ4n) is 2.36. The highest BCUT2D eigenvalue weighted by Gasteiger charge is 2.37. The van der Waals surface area contributed by atoms with E-state index in [0.717, 1.165) is 13.0 Å². The van der Waals surface area contributed by atoms with Gasteiger partial charge in [-0.15, -0.1) is 0 Å². The Morgan fingerprint density at radius 2 is 2.58 bits per heavy atom. The number of nitrogens with zero attached hydrogens (tertiary/aromatic N) is 1. The van der Waals surface area contributed by atoms with Gasteiger partial charge in [0, 0.05) is 12.6 Å². The Morgan fingerprint density at radius 1 is 1.83 bits per heavy atom. The van der Waals surface area contributed by atoms with Gasteiger partial charge in [-0.1, -0.05) is 11.6 Å². The summed E-state index contributed by atoms with van der Waals surface area (Å²) in [6.45, 7) is 3.24. The Hall–Kier alpha value is -0.830. The van der Waals surface area contributed by atoms with Crippen LogP contribution in [0, 0.1) is 5.92 Å². The highest BCUT2D eigenvalue weighted by Crippen LogP contribution is 2.35. The van der Waals surface area contributed by atoms with Crippen LogP contribution in [0.4, 0.5) is 0 Å². The van der Waals surface area contributed by atoms with Gasteiger partial charge in [0.05, 0.1) is 6.54 Å². The first-order chi connectivity index (χ1) is 5.66. The molecule has 0 amide bonds. The lowest BCUT2D eigenvalue weighted by molar-refractivity contribution is -0.138. The first-order valence-corrected chi connectivity index (χ1v) is 4.31. The topological polar surface area (TPSA) is 40.5 Å². The normalized spacial score (nSPS) is 33.9. The summed E-state index contributed by atoms with van der Waals surface area (Å²) >= 11 is 0. The monoisotopic (exact) mass is 167 g/mol. The van der Waals surface area contributed by atoms with Gasteiger partial charge in [0.25, 0.3) is 0 Å². The van der Waals surface area contributed by atoms with E-state index in [2.05, 4.69) is 17.9 Å². The Bertz CT molecular complexity index is 247. The number of fused-ring (bicyclic) bond motifs is 2. The molecule has 2 bridgehead atoms. The molecule has 0 aromatic heterocycles. The standard InChI is InChI=1S/C9H13NO2/c1-6-2-7-3-8(6)10(4-7)5-9(11)12/h2,7-8H,3-5H2,1H3,(H,11,12). The lowest BCUT2D eigenvalue weighted by Gasteiger charge is -2.24. The SMILES string of the molecule is CC1=CC2CC1N(CC(=O)O)C2. The summed E-state index contributed by atoms with van der Waals surface area (Å²) in [5.74, 6) is -0.0929. The van der Waals surface area contributed by atoms with Crippen LogP contribution in [0.3, 0.4) is 0 Å². The van der Waals surface area contributed by atoms with E-state index in [4.69, 9.17) is 5.11 Å². The van der Waals surface area contributed by atoms with Gasteiger partial charge in [-0.05, 0) is 19.3 Å². The molecule has 0 spiro atoms. The molecule has 2 aliphatic rings. The summed E-state index contributed by atoms with van der Waals surface area (Å²) in [5.41, 5.74) is 1.35. The molecule has 1 aliphatic heterocycles. The molecule has 3 heteroatoms. The van der Waals surface area contributed by atoms with E-state index >= 15 is 0 Å². The van der Waals surface area contributed by atoms with E-state index < -0.39 is 5.97 Å². The molecule has 1 aliphatic carbocycles. The van der Waals surface area contributed by atoms with Crippen LogP contribution >= 0.6 is 0 Å². The number of hydrogen-bond acceptors (Lipinski definition) is 2. The smallest absolute Gasteiger partial charge is 0.317 e. The zero-order valence-electron chi connectivity index (χ0n) is 7.16. The Morgan fingerprint density at radius 3 is 3.08 bits per heavy atom. The fraction of sp³-hybridized carbons (Fsp3) is 0.667. The molecule has 1 heterocycles. The van der Waals surface area contributed by atoms with Crippen molar-refractivity contribution >= 4 is 5.97 Å². The van der Waals surface area contributed by atoms with Crippen molar-refractivity contribution < 1.29 is 9.90 Å². The molecule has 0 aromatic carbocycles. The minimum atomic E-state index is -0.713. The quantitative estimate of drug-likeness (QED) is 0.616. The number of likely N-dealkylation sites (tertiary alicyclic amines) is 1. The number of carbonyl (C=O) groups is 1. The minimum Gasteiger partial charge on any atom is -0.480 e. The third kappa shape index (κ3) is 1.14. The van der Waals surface area contributed by atoms with Crippen molar-refractivity contribution in [3.05, 3.63) is 11.6 Å². The summed E-state index contributed by atoms with van der Waals surface area (Å²) in [7, 11) is 0. The van der Waals surface area contributed by atoms with Crippen molar-refractivity contribution in [2.45, 2.75) is 19.4 Å². The Kier molecular flexibility index (Phi) is 1.68. The van der Waals surface area contributed by atoms with Crippen LogP contribution in [0.15, 0.2) is 11.6 Å². The number of rotatable bonds is 2. The molecular weight excluding hydrogens is 154 g/mol. The van der Waals surface area contributed by atoms with Crippen LogP contribution in [-0.4, -0.2) is 35.1 Å². The van der Waals surface area contributed by atoms with Gasteiger partial charge in [0.2, 0.25) is 0 Å². The van der Waals surface area contributed by atoms with Crippen molar-refractivity contribution in [3.8, 4) is 0 Å². The Labute approximate surface area is 71.7 Å². The maximum absolute atomic E-state index is 10.5. The summed E-state index contributed by atoms with van der Waals surface area (Å²) < 4.78 is 0. The molecule has 3 nitrogen and oxygen atoms in total. The van der Waals surface area contributed by atoms with Crippen LogP contribution in [0.2, 0.25) is 0 Å². The molecular formula is C9H13NO2. The second kappa shape index (κ2) is 2.59. The molecule has 2 rings (SSSR count). The lowest BCUT2D eigenvalue weighted by Crippen LogP contribution is -2.36. The first kappa shape index (κ1) is 7.80. The molecule has 1 fully saturated rings. The predicted octanol–water partition coefficient (Wildman–Crippen LogP) is 0.721. The summed E-state index contributed by atoms with van der Waals surface area (Å²) in [4.78, 5) is 12.5. The highest BCUT2D eigenvalue weighted by atomic mass is 16.4. The molecule has 2 unspecified atom stereocenters. The van der Waals surface area contributed by atoms with Crippen LogP contribution in [0.25, 0.3) is 0 Å². The highest BCUT2D eigenvalue weighted by molar-refractivity contribution is 5.69. The van der Waals surface area contributed by atoms with Crippen LogP contribution in [0.5, 0.6) is 0 Å². The van der Waals surface area contributed by atoms with E-state index in [1.165, 1.54) is 5.57 Å². The number of carboxylic acids is 1. The molecule has 2 atom stereocenters.